The predicted octanol–water partition coefficient (Wildman–Crippen LogP) is 7.35. The normalized spacial score (nSPS) is 11.2. The molecule has 6 rings (SSSR count). The number of hydrogen-bond acceptors (Lipinski definition) is 3. The number of pyridine rings is 2. The van der Waals surface area contributed by atoms with Gasteiger partial charge in [-0.25, -0.2) is 9.97 Å². The number of para-hydroxylation sites is 2. The maximum absolute atomic E-state index is 4.91. The van der Waals surface area contributed by atoms with Crippen LogP contribution in [0.4, 0.5) is 11.4 Å². The van der Waals surface area contributed by atoms with Crippen LogP contribution < -0.4 is 5.32 Å². The van der Waals surface area contributed by atoms with Crippen molar-refractivity contribution in [2.75, 3.05) is 5.32 Å². The lowest BCUT2D eigenvalue weighted by Gasteiger charge is -2.14. The Labute approximate surface area is 180 Å². The van der Waals surface area contributed by atoms with E-state index in [1.54, 1.807) is 0 Å². The summed E-state index contributed by atoms with van der Waals surface area (Å²) < 4.78 is 0. The van der Waals surface area contributed by atoms with E-state index < -0.39 is 0 Å². The number of hydrogen-bond donors (Lipinski definition) is 1. The third-order valence-corrected chi connectivity index (χ3v) is 5.64. The van der Waals surface area contributed by atoms with Crippen LogP contribution in [0.3, 0.4) is 0 Å². The summed E-state index contributed by atoms with van der Waals surface area (Å²) in [7, 11) is 0. The minimum Gasteiger partial charge on any atom is -0.354 e. The number of aromatic nitrogens is 2. The molecule has 0 amide bonds. The van der Waals surface area contributed by atoms with Gasteiger partial charge in [-0.05, 0) is 35.7 Å². The first-order valence-corrected chi connectivity index (χ1v) is 10.4. The second-order valence-electron chi connectivity index (χ2n) is 7.61. The lowest BCUT2D eigenvalue weighted by molar-refractivity contribution is 1.32. The molecule has 0 radical (unpaired) electrons. The first-order chi connectivity index (χ1) is 15.3. The van der Waals surface area contributed by atoms with Crippen LogP contribution in [0.1, 0.15) is 0 Å². The van der Waals surface area contributed by atoms with Crippen LogP contribution in [0.15, 0.2) is 109 Å². The molecule has 0 atom stereocenters. The van der Waals surface area contributed by atoms with E-state index in [2.05, 4.69) is 72.0 Å². The molecule has 0 saturated carbocycles. The maximum Gasteiger partial charge on any atom is 0.0914 e. The summed E-state index contributed by atoms with van der Waals surface area (Å²) in [5.41, 5.74) is 5.73. The third-order valence-electron chi connectivity index (χ3n) is 5.64. The Hall–Kier alpha value is -4.24. The van der Waals surface area contributed by atoms with Gasteiger partial charge in [-0.2, -0.15) is 0 Å². The summed E-state index contributed by atoms with van der Waals surface area (Å²) in [6.07, 6.45) is 0. The lowest BCUT2D eigenvalue weighted by Crippen LogP contribution is -1.96. The fourth-order valence-corrected chi connectivity index (χ4v) is 4.10. The van der Waals surface area contributed by atoms with Crippen molar-refractivity contribution in [1.29, 1.82) is 0 Å². The SMILES string of the molecule is c1ccc2nc(-c3cc(Nc4cccc5ccccc45)c4ccccc4n3)ccc2c1. The van der Waals surface area contributed by atoms with Gasteiger partial charge in [0.05, 0.1) is 28.1 Å². The van der Waals surface area contributed by atoms with Crippen molar-refractivity contribution < 1.29 is 0 Å². The van der Waals surface area contributed by atoms with Crippen molar-refractivity contribution in [2.45, 2.75) is 0 Å². The molecule has 0 aliphatic rings. The second kappa shape index (κ2) is 7.22. The van der Waals surface area contributed by atoms with Crippen LogP contribution in [0.5, 0.6) is 0 Å². The molecule has 0 fully saturated rings. The van der Waals surface area contributed by atoms with E-state index in [9.17, 15) is 0 Å². The van der Waals surface area contributed by atoms with E-state index in [1.165, 1.54) is 10.8 Å². The number of rotatable bonds is 3. The molecular formula is C28H19N3. The first kappa shape index (κ1) is 17.6. The zero-order valence-corrected chi connectivity index (χ0v) is 16.8. The lowest BCUT2D eigenvalue weighted by atomic mass is 10.1. The number of benzene rings is 4. The van der Waals surface area contributed by atoms with Crippen molar-refractivity contribution in [3.05, 3.63) is 109 Å². The average molecular weight is 397 g/mol. The molecule has 0 bridgehead atoms. The molecule has 2 heterocycles. The number of anilines is 2. The summed E-state index contributed by atoms with van der Waals surface area (Å²) in [6, 6.07) is 37.4. The van der Waals surface area contributed by atoms with Gasteiger partial charge in [0.25, 0.3) is 0 Å². The zero-order chi connectivity index (χ0) is 20.6. The molecule has 31 heavy (non-hydrogen) atoms. The fraction of sp³-hybridized carbons (Fsp3) is 0. The highest BCUT2D eigenvalue weighted by Gasteiger charge is 2.10. The van der Waals surface area contributed by atoms with Crippen molar-refractivity contribution in [2.24, 2.45) is 0 Å². The zero-order valence-electron chi connectivity index (χ0n) is 16.8. The highest BCUT2D eigenvalue weighted by Crippen LogP contribution is 2.33. The van der Waals surface area contributed by atoms with Crippen LogP contribution in [-0.2, 0) is 0 Å². The molecule has 4 aromatic carbocycles. The van der Waals surface area contributed by atoms with Crippen LogP contribution in [0.2, 0.25) is 0 Å². The van der Waals surface area contributed by atoms with E-state index in [1.807, 2.05) is 42.5 Å². The Morgan fingerprint density at radius 1 is 0.452 bits per heavy atom. The molecular weight excluding hydrogens is 378 g/mol. The highest BCUT2D eigenvalue weighted by atomic mass is 14.9. The third kappa shape index (κ3) is 3.17. The van der Waals surface area contributed by atoms with Gasteiger partial charge >= 0.3 is 0 Å². The maximum atomic E-state index is 4.91. The van der Waals surface area contributed by atoms with Gasteiger partial charge in [-0.15, -0.1) is 0 Å². The Balaban J connectivity index is 1.53. The molecule has 3 nitrogen and oxygen atoms in total. The van der Waals surface area contributed by atoms with Gasteiger partial charge in [-0.3, -0.25) is 0 Å². The van der Waals surface area contributed by atoms with Crippen molar-refractivity contribution >= 4 is 44.0 Å². The number of fused-ring (bicyclic) bond motifs is 3. The smallest absolute Gasteiger partial charge is 0.0914 e. The van der Waals surface area contributed by atoms with Crippen molar-refractivity contribution in [3.8, 4) is 11.4 Å². The number of nitrogens with zero attached hydrogens (tertiary/aromatic N) is 2. The first-order valence-electron chi connectivity index (χ1n) is 10.4. The molecule has 0 aliphatic heterocycles. The molecule has 0 aliphatic carbocycles. The molecule has 1 N–H and O–H groups in total. The minimum atomic E-state index is 0.854. The summed E-state index contributed by atoms with van der Waals surface area (Å²) in [4.78, 5) is 9.77. The topological polar surface area (TPSA) is 37.8 Å². The summed E-state index contributed by atoms with van der Waals surface area (Å²) in [6.45, 7) is 0. The van der Waals surface area contributed by atoms with Gasteiger partial charge in [-0.1, -0.05) is 78.9 Å². The summed E-state index contributed by atoms with van der Waals surface area (Å²) in [5, 5.41) is 8.28. The Morgan fingerprint density at radius 2 is 1.13 bits per heavy atom. The van der Waals surface area contributed by atoms with E-state index >= 15 is 0 Å². The molecule has 146 valence electrons. The van der Waals surface area contributed by atoms with E-state index in [0.29, 0.717) is 0 Å². The largest absolute Gasteiger partial charge is 0.354 e. The second-order valence-corrected chi connectivity index (χ2v) is 7.61. The van der Waals surface area contributed by atoms with Gasteiger partial charge < -0.3 is 5.32 Å². The quantitative estimate of drug-likeness (QED) is 0.339. The molecule has 0 saturated heterocycles. The molecule has 0 unspecified atom stereocenters. The van der Waals surface area contributed by atoms with Crippen LogP contribution in [0, 0.1) is 0 Å². The molecule has 3 heteroatoms. The average Bonchev–Trinajstić information content (AvgIpc) is 2.84. The summed E-state index contributed by atoms with van der Waals surface area (Å²) >= 11 is 0. The van der Waals surface area contributed by atoms with Crippen molar-refractivity contribution in [1.82, 2.24) is 9.97 Å². The van der Waals surface area contributed by atoms with Gasteiger partial charge in [0.15, 0.2) is 0 Å². The van der Waals surface area contributed by atoms with E-state index in [4.69, 9.17) is 9.97 Å². The van der Waals surface area contributed by atoms with E-state index in [-0.39, 0.29) is 0 Å². The summed E-state index contributed by atoms with van der Waals surface area (Å²) in [5.74, 6) is 0. The Kier molecular flexibility index (Phi) is 4.10. The van der Waals surface area contributed by atoms with Crippen LogP contribution in [-0.4, -0.2) is 9.97 Å². The van der Waals surface area contributed by atoms with Crippen molar-refractivity contribution in [3.63, 3.8) is 0 Å². The molecule has 6 aromatic rings. The van der Waals surface area contributed by atoms with Gasteiger partial charge in [0.2, 0.25) is 0 Å². The predicted molar refractivity (Wildman–Crippen MR) is 130 cm³/mol. The fourth-order valence-electron chi connectivity index (χ4n) is 4.10. The molecule has 2 aromatic heterocycles. The van der Waals surface area contributed by atoms with Gasteiger partial charge in [0, 0.05) is 21.8 Å². The Morgan fingerprint density at radius 3 is 2.03 bits per heavy atom. The molecule has 0 spiro atoms. The minimum absolute atomic E-state index is 0.854. The number of nitrogens with one attached hydrogen (secondary N) is 1. The van der Waals surface area contributed by atoms with E-state index in [0.717, 1.165) is 44.6 Å². The highest BCUT2D eigenvalue weighted by molar-refractivity contribution is 6.00. The monoisotopic (exact) mass is 397 g/mol. The van der Waals surface area contributed by atoms with Gasteiger partial charge in [0.1, 0.15) is 0 Å². The van der Waals surface area contributed by atoms with Crippen LogP contribution >= 0.6 is 0 Å². The standard InChI is InChI=1S/C28H19N3/c1-3-11-21-19(8-1)10-7-15-24(21)30-27-18-28(31-25-14-6-4-12-22(25)27)26-17-16-20-9-2-5-13-23(20)29-26/h1-18H,(H,30,31). The Bertz CT molecular complexity index is 1560. The van der Waals surface area contributed by atoms with Crippen LogP contribution in [0.25, 0.3) is 44.0 Å².